The summed E-state index contributed by atoms with van der Waals surface area (Å²) in [5.41, 5.74) is 21.8. The summed E-state index contributed by atoms with van der Waals surface area (Å²) in [6.07, 6.45) is -0.392. The van der Waals surface area contributed by atoms with Gasteiger partial charge in [-0.2, -0.15) is 0 Å². The van der Waals surface area contributed by atoms with Crippen molar-refractivity contribution in [3.8, 4) is 61.6 Å². The standard InChI is InChI=1S/C81H54N6/c1-5-22-53(23-6-1)55-40-44-57(45-41-55)67-50-61(81-83-79(59-26-9-3-10-27-59)82-80(84-81)60-28-11-4-12-29-60)51-68(58-46-42-56(43-47-58)54-24-7-2-8-25-54)78(67)87-74-49-48-62(85-70-34-17-13-30-63(70)64-31-14-18-35-71(64)85)52-69(74)77-75(38-21-39-76(77)87)86-72-36-19-15-32-65(72)66-33-16-20-37-73(66)86/h1-52,79H,(H,82,83,84). The number of hydrogen-bond acceptors (Lipinski definition) is 3. The molecule has 0 fully saturated rings. The lowest BCUT2D eigenvalue weighted by Gasteiger charge is -2.26. The Kier molecular flexibility index (Phi) is 11.8. The van der Waals surface area contributed by atoms with Crippen LogP contribution in [0.3, 0.4) is 0 Å². The summed E-state index contributed by atoms with van der Waals surface area (Å²) in [6.45, 7) is 0. The van der Waals surface area contributed by atoms with Gasteiger partial charge in [-0.25, -0.2) is 9.98 Å². The van der Waals surface area contributed by atoms with Crippen LogP contribution in [0.2, 0.25) is 0 Å². The molecule has 6 nitrogen and oxygen atoms in total. The van der Waals surface area contributed by atoms with Crippen molar-refractivity contribution in [1.82, 2.24) is 19.0 Å². The number of fused-ring (bicyclic) bond motifs is 9. The minimum absolute atomic E-state index is 0.392. The highest BCUT2D eigenvalue weighted by Gasteiger charge is 2.28. The molecule has 1 atom stereocenters. The number of benzene rings is 13. The Labute approximate surface area is 503 Å². The smallest absolute Gasteiger partial charge is 0.159 e. The zero-order chi connectivity index (χ0) is 57.4. The quantitative estimate of drug-likeness (QED) is 0.146. The number of nitrogens with zero attached hydrogens (tertiary/aromatic N) is 5. The second-order valence-corrected chi connectivity index (χ2v) is 22.5. The van der Waals surface area contributed by atoms with E-state index >= 15 is 0 Å². The maximum atomic E-state index is 5.48. The Bertz CT molecular complexity index is 5170. The van der Waals surface area contributed by atoms with Gasteiger partial charge in [0.15, 0.2) is 5.84 Å². The van der Waals surface area contributed by atoms with Crippen LogP contribution in [0.4, 0.5) is 0 Å². The van der Waals surface area contributed by atoms with Gasteiger partial charge in [0.1, 0.15) is 12.0 Å². The van der Waals surface area contributed by atoms with Gasteiger partial charge in [0.25, 0.3) is 0 Å². The van der Waals surface area contributed by atoms with E-state index in [0.717, 1.165) is 128 Å². The molecule has 1 unspecified atom stereocenters. The fourth-order valence-corrected chi connectivity index (χ4v) is 13.5. The number of aliphatic imine (C=N–C) groups is 2. The van der Waals surface area contributed by atoms with Crippen LogP contribution >= 0.6 is 0 Å². The minimum atomic E-state index is -0.392. The topological polar surface area (TPSA) is 51.5 Å². The van der Waals surface area contributed by atoms with Gasteiger partial charge in [-0.15, -0.1) is 0 Å². The molecule has 13 aromatic carbocycles. The monoisotopic (exact) mass is 1110 g/mol. The minimum Gasteiger partial charge on any atom is -0.344 e. The van der Waals surface area contributed by atoms with E-state index in [0.29, 0.717) is 5.84 Å². The molecule has 0 radical (unpaired) electrons. The van der Waals surface area contributed by atoms with Gasteiger partial charge < -0.3 is 19.0 Å². The predicted octanol–water partition coefficient (Wildman–Crippen LogP) is 20.1. The van der Waals surface area contributed by atoms with Crippen LogP contribution in [-0.4, -0.2) is 25.4 Å². The number of rotatable bonds is 10. The molecule has 17 rings (SSSR count). The van der Waals surface area contributed by atoms with E-state index in [9.17, 15) is 0 Å². The van der Waals surface area contributed by atoms with Crippen LogP contribution < -0.4 is 5.32 Å². The van der Waals surface area contributed by atoms with Crippen LogP contribution in [-0.2, 0) is 0 Å². The summed E-state index contributed by atoms with van der Waals surface area (Å²) in [6, 6.07) is 114. The fraction of sp³-hybridized carbons (Fsp3) is 0.0123. The van der Waals surface area contributed by atoms with Crippen molar-refractivity contribution in [2.45, 2.75) is 6.17 Å². The van der Waals surface area contributed by atoms with Gasteiger partial charge in [0.2, 0.25) is 0 Å². The number of amidine groups is 2. The van der Waals surface area contributed by atoms with Crippen LogP contribution in [0.5, 0.6) is 0 Å². The molecule has 0 saturated carbocycles. The third-order valence-electron chi connectivity index (χ3n) is 17.5. The largest absolute Gasteiger partial charge is 0.344 e. The van der Waals surface area contributed by atoms with Gasteiger partial charge in [-0.3, -0.25) is 0 Å². The zero-order valence-electron chi connectivity index (χ0n) is 47.3. The summed E-state index contributed by atoms with van der Waals surface area (Å²) < 4.78 is 7.49. The number of para-hydroxylation sites is 4. The highest BCUT2D eigenvalue weighted by Crippen LogP contribution is 2.47. The van der Waals surface area contributed by atoms with E-state index in [1.807, 2.05) is 6.07 Å². The molecule has 87 heavy (non-hydrogen) atoms. The van der Waals surface area contributed by atoms with E-state index in [-0.39, 0.29) is 0 Å². The molecule has 4 heterocycles. The van der Waals surface area contributed by atoms with Gasteiger partial charge in [-0.05, 0) is 106 Å². The Morgan fingerprint density at radius 1 is 0.287 bits per heavy atom. The maximum Gasteiger partial charge on any atom is 0.159 e. The van der Waals surface area contributed by atoms with E-state index in [4.69, 9.17) is 9.98 Å². The second-order valence-electron chi connectivity index (χ2n) is 22.5. The molecular formula is C81H54N6. The van der Waals surface area contributed by atoms with Crippen LogP contribution in [0.1, 0.15) is 22.9 Å². The van der Waals surface area contributed by atoms with Crippen molar-refractivity contribution in [2.75, 3.05) is 0 Å². The summed E-state index contributed by atoms with van der Waals surface area (Å²) in [7, 11) is 0. The fourth-order valence-electron chi connectivity index (χ4n) is 13.5. The maximum absolute atomic E-state index is 5.48. The molecule has 0 amide bonds. The van der Waals surface area contributed by atoms with Gasteiger partial charge in [-0.1, -0.05) is 249 Å². The number of hydrogen-bond donors (Lipinski definition) is 1. The second kappa shape index (κ2) is 20.6. The summed E-state index contributed by atoms with van der Waals surface area (Å²) in [5.74, 6) is 1.41. The summed E-state index contributed by atoms with van der Waals surface area (Å²) >= 11 is 0. The molecule has 1 N–H and O–H groups in total. The molecule has 408 valence electrons. The summed E-state index contributed by atoms with van der Waals surface area (Å²) in [4.78, 5) is 10.8. The molecule has 1 aliphatic heterocycles. The van der Waals surface area contributed by atoms with Crippen molar-refractivity contribution in [3.63, 3.8) is 0 Å². The molecule has 1 aliphatic rings. The molecular weight excluding hydrogens is 1060 g/mol. The Morgan fingerprint density at radius 3 is 1.22 bits per heavy atom. The molecule has 0 aliphatic carbocycles. The Morgan fingerprint density at radius 2 is 0.701 bits per heavy atom. The Hall–Kier alpha value is -11.6. The van der Waals surface area contributed by atoms with E-state index in [1.54, 1.807) is 0 Å². The first-order valence-electron chi connectivity index (χ1n) is 29.8. The van der Waals surface area contributed by atoms with Crippen molar-refractivity contribution in [2.24, 2.45) is 9.98 Å². The van der Waals surface area contributed by atoms with Crippen LogP contribution in [0, 0.1) is 0 Å². The first kappa shape index (κ1) is 50.0. The van der Waals surface area contributed by atoms with Crippen LogP contribution in [0.25, 0.3) is 127 Å². The van der Waals surface area contributed by atoms with Crippen LogP contribution in [0.15, 0.2) is 325 Å². The third-order valence-corrected chi connectivity index (χ3v) is 17.5. The first-order chi connectivity index (χ1) is 43.2. The van der Waals surface area contributed by atoms with Gasteiger partial charge in [0.05, 0.1) is 44.5 Å². The molecule has 0 bridgehead atoms. The molecule has 3 aromatic heterocycles. The van der Waals surface area contributed by atoms with Gasteiger partial charge in [0, 0.05) is 60.3 Å². The van der Waals surface area contributed by atoms with Crippen molar-refractivity contribution in [3.05, 3.63) is 332 Å². The first-order valence-corrected chi connectivity index (χ1v) is 29.8. The summed E-state index contributed by atoms with van der Waals surface area (Å²) in [5, 5.41) is 11.0. The van der Waals surface area contributed by atoms with E-state index in [1.165, 1.54) is 21.5 Å². The average Bonchev–Trinajstić information content (AvgIpc) is 1.66. The predicted molar refractivity (Wildman–Crippen MR) is 363 cm³/mol. The molecule has 6 heteroatoms. The SMILES string of the molecule is c1ccc(C2=NC(c3ccccc3)NC(c3cc(-c4ccc(-c5ccccc5)cc4)c(-n4c5ccc(-n6c7ccccc7c7ccccc76)cc5c5c(-n6c7ccccc7c7ccccc76)cccc54)c(-c4ccc(-c5ccccc5)cc4)c3)=N2)cc1. The van der Waals surface area contributed by atoms with Gasteiger partial charge >= 0.3 is 0 Å². The third kappa shape index (κ3) is 8.41. The molecule has 0 spiro atoms. The lowest BCUT2D eigenvalue weighted by Crippen LogP contribution is -2.33. The average molecular weight is 1110 g/mol. The lowest BCUT2D eigenvalue weighted by atomic mass is 9.90. The number of aromatic nitrogens is 3. The number of nitrogens with one attached hydrogen (secondary N) is 1. The normalized spacial score (nSPS) is 13.4. The van der Waals surface area contributed by atoms with Crippen molar-refractivity contribution < 1.29 is 0 Å². The highest BCUT2D eigenvalue weighted by molar-refractivity contribution is 6.19. The zero-order valence-corrected chi connectivity index (χ0v) is 47.3. The highest BCUT2D eigenvalue weighted by atomic mass is 15.2. The lowest BCUT2D eigenvalue weighted by molar-refractivity contribution is 0.674. The van der Waals surface area contributed by atoms with E-state index < -0.39 is 6.17 Å². The van der Waals surface area contributed by atoms with Crippen molar-refractivity contribution >= 4 is 77.1 Å². The van der Waals surface area contributed by atoms with Crippen molar-refractivity contribution in [1.29, 1.82) is 0 Å². The molecule has 16 aromatic rings. The Balaban J connectivity index is 0.999. The van der Waals surface area contributed by atoms with E-state index in [2.05, 4.69) is 328 Å². The molecule has 0 saturated heterocycles.